The van der Waals surface area contributed by atoms with Crippen molar-refractivity contribution in [3.8, 4) is 16.9 Å². The molecule has 38 heavy (non-hydrogen) atoms. The van der Waals surface area contributed by atoms with E-state index in [1.807, 2.05) is 12.1 Å². The lowest BCUT2D eigenvalue weighted by atomic mass is 9.66. The Bertz CT molecular complexity index is 1010. The van der Waals surface area contributed by atoms with E-state index in [-0.39, 0.29) is 24.3 Å². The number of benzene rings is 2. The minimum Gasteiger partial charge on any atom is -0.488 e. The average molecular weight is 524 g/mol. The molecule has 4 rings (SSSR count). The maximum Gasteiger partial charge on any atom is 0.451 e. The number of nitrogens with one attached hydrogen (secondary N) is 1. The number of unbranched alkanes of at least 4 members (excludes halogenated alkanes) is 1. The van der Waals surface area contributed by atoms with E-state index in [9.17, 15) is 4.79 Å². The highest BCUT2D eigenvalue weighted by atomic mass is 16.5. The molecule has 0 amide bonds. The molecular weight excluding hydrogens is 483 g/mol. The third-order valence-electron chi connectivity index (χ3n) is 7.75. The number of hydrogen-bond acceptors (Lipinski definition) is 8. The molecule has 2 aromatic carbocycles. The number of carbonyl (C=O) groups excluding carboxylic acids is 1. The molecular formula is C29H41BN2O6. The topological polar surface area (TPSA) is 123 Å². The molecule has 1 aliphatic carbocycles. The highest BCUT2D eigenvalue weighted by Crippen LogP contribution is 2.39. The number of hydrogen-bond donors (Lipinski definition) is 4. The summed E-state index contributed by atoms with van der Waals surface area (Å²) in [7, 11) is -1.33. The van der Waals surface area contributed by atoms with E-state index in [0.29, 0.717) is 38.5 Å². The summed E-state index contributed by atoms with van der Waals surface area (Å²) in [5.41, 5.74) is 9.08. The van der Waals surface area contributed by atoms with Crippen LogP contribution in [0.25, 0.3) is 11.1 Å². The molecule has 8 nitrogen and oxygen atoms in total. The maximum atomic E-state index is 12.7. The van der Waals surface area contributed by atoms with Crippen molar-refractivity contribution in [3.05, 3.63) is 54.1 Å². The molecule has 0 aromatic heterocycles. The summed E-state index contributed by atoms with van der Waals surface area (Å²) in [6.07, 6.45) is 4.75. The SMILES string of the molecule is CCOC(=O)C(N)(CCCCB(O)O)C1CC(NCc2ccc(-c3ccc(O[C@H]4CCOC4)cc3)cc2)C1. The Labute approximate surface area is 226 Å². The van der Waals surface area contributed by atoms with Gasteiger partial charge in [-0.05, 0) is 67.2 Å². The van der Waals surface area contributed by atoms with Gasteiger partial charge in [-0.1, -0.05) is 49.2 Å². The van der Waals surface area contributed by atoms with Crippen LogP contribution in [-0.2, 0) is 20.8 Å². The molecule has 1 heterocycles. The smallest absolute Gasteiger partial charge is 0.451 e. The van der Waals surface area contributed by atoms with Crippen molar-refractivity contribution in [3.63, 3.8) is 0 Å². The van der Waals surface area contributed by atoms with Crippen molar-refractivity contribution in [1.82, 2.24) is 5.32 Å². The Balaban J connectivity index is 1.23. The highest BCUT2D eigenvalue weighted by molar-refractivity contribution is 6.40. The van der Waals surface area contributed by atoms with Gasteiger partial charge in [0, 0.05) is 19.0 Å². The van der Waals surface area contributed by atoms with E-state index in [2.05, 4.69) is 41.7 Å². The number of nitrogens with two attached hydrogens (primary N) is 1. The third kappa shape index (κ3) is 7.58. The average Bonchev–Trinajstić information content (AvgIpc) is 3.40. The molecule has 0 bridgehead atoms. The summed E-state index contributed by atoms with van der Waals surface area (Å²) < 4.78 is 16.6. The Morgan fingerprint density at radius 1 is 1.11 bits per heavy atom. The summed E-state index contributed by atoms with van der Waals surface area (Å²) >= 11 is 0. The molecule has 9 heteroatoms. The van der Waals surface area contributed by atoms with Gasteiger partial charge in [-0.25, -0.2) is 0 Å². The van der Waals surface area contributed by atoms with Crippen molar-refractivity contribution < 1.29 is 29.1 Å². The van der Waals surface area contributed by atoms with Crippen LogP contribution >= 0.6 is 0 Å². The van der Waals surface area contributed by atoms with Gasteiger partial charge >= 0.3 is 13.1 Å². The molecule has 2 fully saturated rings. The van der Waals surface area contributed by atoms with Crippen LogP contribution in [0.1, 0.15) is 51.0 Å². The van der Waals surface area contributed by atoms with Crippen molar-refractivity contribution in [2.24, 2.45) is 11.7 Å². The third-order valence-corrected chi connectivity index (χ3v) is 7.75. The number of ether oxygens (including phenoxy) is 3. The van der Waals surface area contributed by atoms with E-state index < -0.39 is 12.7 Å². The molecule has 1 saturated carbocycles. The Hall–Kier alpha value is -2.43. The fraction of sp³-hybridized carbons (Fsp3) is 0.552. The molecule has 1 unspecified atom stereocenters. The zero-order valence-corrected chi connectivity index (χ0v) is 22.3. The lowest BCUT2D eigenvalue weighted by molar-refractivity contribution is -0.154. The minimum atomic E-state index is -1.33. The number of carbonyl (C=O) groups is 1. The molecule has 2 aromatic rings. The summed E-state index contributed by atoms with van der Waals surface area (Å²) in [5, 5.41) is 21.7. The van der Waals surface area contributed by atoms with E-state index in [1.165, 1.54) is 5.56 Å². The van der Waals surface area contributed by atoms with Gasteiger partial charge in [-0.2, -0.15) is 0 Å². The molecule has 1 aliphatic heterocycles. The lowest BCUT2D eigenvalue weighted by Gasteiger charge is -2.45. The molecule has 2 aliphatic rings. The van der Waals surface area contributed by atoms with Gasteiger partial charge in [-0.15, -0.1) is 0 Å². The second-order valence-corrected chi connectivity index (χ2v) is 10.6. The van der Waals surface area contributed by atoms with Gasteiger partial charge in [0.15, 0.2) is 0 Å². The zero-order chi connectivity index (χ0) is 27.0. The summed E-state index contributed by atoms with van der Waals surface area (Å²) in [6, 6.07) is 17.0. The van der Waals surface area contributed by atoms with Gasteiger partial charge in [0.25, 0.3) is 0 Å². The van der Waals surface area contributed by atoms with Gasteiger partial charge in [0.2, 0.25) is 0 Å². The quantitative estimate of drug-likeness (QED) is 0.169. The van der Waals surface area contributed by atoms with E-state index >= 15 is 0 Å². The minimum absolute atomic E-state index is 0.0497. The predicted molar refractivity (Wildman–Crippen MR) is 147 cm³/mol. The molecule has 5 N–H and O–H groups in total. The zero-order valence-electron chi connectivity index (χ0n) is 22.3. The van der Waals surface area contributed by atoms with E-state index in [1.54, 1.807) is 6.92 Å². The van der Waals surface area contributed by atoms with Crippen molar-refractivity contribution >= 4 is 13.1 Å². The van der Waals surface area contributed by atoms with Crippen LogP contribution in [0.2, 0.25) is 6.32 Å². The summed E-state index contributed by atoms with van der Waals surface area (Å²) in [5.74, 6) is 0.571. The van der Waals surface area contributed by atoms with E-state index in [4.69, 9.17) is 30.0 Å². The molecule has 0 radical (unpaired) electrons. The second-order valence-electron chi connectivity index (χ2n) is 10.6. The van der Waals surface area contributed by atoms with Gasteiger partial charge < -0.3 is 35.3 Å². The van der Waals surface area contributed by atoms with E-state index in [0.717, 1.165) is 49.3 Å². The van der Waals surface area contributed by atoms with Crippen LogP contribution in [0.5, 0.6) is 5.75 Å². The van der Waals surface area contributed by atoms with Crippen molar-refractivity contribution in [2.45, 2.75) is 76.0 Å². The van der Waals surface area contributed by atoms with Crippen LogP contribution in [-0.4, -0.2) is 60.6 Å². The van der Waals surface area contributed by atoms with Gasteiger partial charge in [0.05, 0.1) is 19.8 Å². The fourth-order valence-corrected chi connectivity index (χ4v) is 5.29. The first-order valence-electron chi connectivity index (χ1n) is 13.9. The van der Waals surface area contributed by atoms with Crippen LogP contribution in [0, 0.1) is 5.92 Å². The molecule has 0 spiro atoms. The normalized spacial score (nSPS) is 22.4. The van der Waals surface area contributed by atoms with Crippen LogP contribution in [0.3, 0.4) is 0 Å². The fourth-order valence-electron chi connectivity index (χ4n) is 5.29. The van der Waals surface area contributed by atoms with Crippen LogP contribution in [0.4, 0.5) is 0 Å². The molecule has 206 valence electrons. The monoisotopic (exact) mass is 524 g/mol. The van der Waals surface area contributed by atoms with Gasteiger partial charge in [0.1, 0.15) is 17.4 Å². The summed E-state index contributed by atoms with van der Waals surface area (Å²) in [4.78, 5) is 12.7. The van der Waals surface area contributed by atoms with Crippen LogP contribution < -0.4 is 15.8 Å². The number of rotatable bonds is 14. The first-order chi connectivity index (χ1) is 18.4. The van der Waals surface area contributed by atoms with Crippen molar-refractivity contribution in [2.75, 3.05) is 19.8 Å². The lowest BCUT2D eigenvalue weighted by Crippen LogP contribution is -2.61. The second kappa shape index (κ2) is 13.6. The largest absolute Gasteiger partial charge is 0.488 e. The number of esters is 1. The maximum absolute atomic E-state index is 12.7. The van der Waals surface area contributed by atoms with Crippen molar-refractivity contribution in [1.29, 1.82) is 0 Å². The van der Waals surface area contributed by atoms with Crippen LogP contribution in [0.15, 0.2) is 48.5 Å². The molecule has 1 saturated heterocycles. The summed E-state index contributed by atoms with van der Waals surface area (Å²) in [6.45, 7) is 4.26. The molecule has 2 atom stereocenters. The van der Waals surface area contributed by atoms with Gasteiger partial charge in [-0.3, -0.25) is 4.79 Å². The Morgan fingerprint density at radius 3 is 2.39 bits per heavy atom. The predicted octanol–water partition coefficient (Wildman–Crippen LogP) is 3.29. The first kappa shape index (κ1) is 28.6. The first-order valence-corrected chi connectivity index (χ1v) is 13.9. The Kier molecular flexibility index (Phi) is 10.2. The highest BCUT2D eigenvalue weighted by Gasteiger charge is 2.48. The standard InChI is InChI=1S/C29H41BN2O6/c1-2-37-28(33)29(31,14-3-4-15-30(34)35)24-17-25(18-24)32-19-21-5-7-22(8-6-21)23-9-11-26(12-10-23)38-27-13-16-36-20-27/h5-12,24-25,27,32,34-35H,2-4,13-20,31H2,1H3/t24?,25?,27-,29?/m0/s1. The Morgan fingerprint density at radius 2 is 1.79 bits per heavy atom.